The summed E-state index contributed by atoms with van der Waals surface area (Å²) in [7, 11) is 1.61. The predicted molar refractivity (Wildman–Crippen MR) is 69.9 cm³/mol. The van der Waals surface area contributed by atoms with Gasteiger partial charge in [-0.1, -0.05) is 0 Å². The van der Waals surface area contributed by atoms with E-state index in [1.165, 1.54) is 12.8 Å². The second kappa shape index (κ2) is 6.35. The first kappa shape index (κ1) is 12.8. The average molecular weight is 249 g/mol. The molecule has 1 N–H and O–H groups in total. The molecule has 98 valence electrons. The number of amides is 1. The van der Waals surface area contributed by atoms with Crippen LogP contribution in [-0.4, -0.2) is 44.2 Å². The van der Waals surface area contributed by atoms with Crippen LogP contribution < -0.4 is 10.2 Å². The molecule has 1 aromatic rings. The number of anilines is 1. The van der Waals surface area contributed by atoms with E-state index in [-0.39, 0.29) is 5.91 Å². The van der Waals surface area contributed by atoms with E-state index >= 15 is 0 Å². The molecule has 1 amide bonds. The number of nitrogens with one attached hydrogen (secondary N) is 1. The van der Waals surface area contributed by atoms with Crippen LogP contribution in [0.2, 0.25) is 0 Å². The van der Waals surface area contributed by atoms with Crippen molar-refractivity contribution in [2.24, 2.45) is 0 Å². The van der Waals surface area contributed by atoms with Gasteiger partial charge < -0.3 is 15.0 Å². The predicted octanol–water partition coefficient (Wildman–Crippen LogP) is 1.06. The molecular formula is C13H19N3O2. The van der Waals surface area contributed by atoms with Crippen LogP contribution in [0.5, 0.6) is 0 Å². The number of methoxy groups -OCH3 is 1. The van der Waals surface area contributed by atoms with Crippen LogP contribution in [0.4, 0.5) is 5.69 Å². The Kier molecular flexibility index (Phi) is 4.52. The second-order valence-corrected chi connectivity index (χ2v) is 4.37. The second-order valence-electron chi connectivity index (χ2n) is 4.37. The van der Waals surface area contributed by atoms with E-state index in [9.17, 15) is 4.79 Å². The van der Waals surface area contributed by atoms with E-state index in [1.807, 2.05) is 12.3 Å². The fourth-order valence-corrected chi connectivity index (χ4v) is 2.07. The molecule has 0 radical (unpaired) electrons. The van der Waals surface area contributed by atoms with Gasteiger partial charge in [0.25, 0.3) is 5.91 Å². The van der Waals surface area contributed by atoms with Crippen molar-refractivity contribution in [1.29, 1.82) is 0 Å². The molecule has 0 atom stereocenters. The van der Waals surface area contributed by atoms with E-state index in [0.717, 1.165) is 18.8 Å². The number of aromatic nitrogens is 1. The van der Waals surface area contributed by atoms with Gasteiger partial charge in [-0.25, -0.2) is 0 Å². The molecule has 0 unspecified atom stereocenters. The summed E-state index contributed by atoms with van der Waals surface area (Å²) in [6, 6.07) is 1.90. The lowest BCUT2D eigenvalue weighted by molar-refractivity contribution is 0.0937. The minimum Gasteiger partial charge on any atom is -0.383 e. The van der Waals surface area contributed by atoms with Gasteiger partial charge in [0.1, 0.15) is 0 Å². The van der Waals surface area contributed by atoms with Gasteiger partial charge in [0.05, 0.1) is 24.1 Å². The van der Waals surface area contributed by atoms with Gasteiger partial charge in [0.2, 0.25) is 0 Å². The number of carbonyl (C=O) groups excluding carboxylic acids is 1. The lowest BCUT2D eigenvalue weighted by Crippen LogP contribution is -2.27. The van der Waals surface area contributed by atoms with E-state index in [4.69, 9.17) is 4.74 Å². The van der Waals surface area contributed by atoms with Crippen LogP contribution in [0.3, 0.4) is 0 Å². The van der Waals surface area contributed by atoms with Gasteiger partial charge in [-0.15, -0.1) is 0 Å². The zero-order valence-corrected chi connectivity index (χ0v) is 10.7. The van der Waals surface area contributed by atoms with Crippen molar-refractivity contribution in [3.63, 3.8) is 0 Å². The summed E-state index contributed by atoms with van der Waals surface area (Å²) in [4.78, 5) is 18.3. The quantitative estimate of drug-likeness (QED) is 0.793. The summed E-state index contributed by atoms with van der Waals surface area (Å²) in [6.07, 6.45) is 5.84. The zero-order valence-electron chi connectivity index (χ0n) is 10.7. The Morgan fingerprint density at radius 2 is 2.22 bits per heavy atom. The Bertz CT molecular complexity index is 403. The molecule has 1 aliphatic heterocycles. The molecule has 1 saturated heterocycles. The molecule has 0 saturated carbocycles. The number of ether oxygens (including phenoxy) is 1. The summed E-state index contributed by atoms with van der Waals surface area (Å²) in [6.45, 7) is 3.14. The van der Waals surface area contributed by atoms with E-state index in [1.54, 1.807) is 13.3 Å². The molecule has 5 nitrogen and oxygen atoms in total. The monoisotopic (exact) mass is 249 g/mol. The molecule has 18 heavy (non-hydrogen) atoms. The topological polar surface area (TPSA) is 54.5 Å². The van der Waals surface area contributed by atoms with Gasteiger partial charge in [-0.3, -0.25) is 9.78 Å². The molecule has 0 bridgehead atoms. The molecule has 1 fully saturated rings. The van der Waals surface area contributed by atoms with Gasteiger partial charge in [-0.2, -0.15) is 0 Å². The van der Waals surface area contributed by atoms with Gasteiger partial charge in [0, 0.05) is 32.9 Å². The van der Waals surface area contributed by atoms with Gasteiger partial charge >= 0.3 is 0 Å². The molecule has 0 spiro atoms. The van der Waals surface area contributed by atoms with Gasteiger partial charge in [0.15, 0.2) is 0 Å². The number of rotatable bonds is 5. The van der Waals surface area contributed by atoms with Crippen molar-refractivity contribution in [2.45, 2.75) is 12.8 Å². The summed E-state index contributed by atoms with van der Waals surface area (Å²) in [5, 5.41) is 2.80. The third-order valence-corrected chi connectivity index (χ3v) is 3.05. The maximum Gasteiger partial charge on any atom is 0.253 e. The lowest BCUT2D eigenvalue weighted by atomic mass is 10.2. The number of carbonyl (C=O) groups is 1. The number of hydrogen-bond donors (Lipinski definition) is 1. The molecule has 2 heterocycles. The molecular weight excluding hydrogens is 230 g/mol. The standard InChI is InChI=1S/C13H19N3O2/c1-18-7-4-15-13(17)11-8-12(10-14-9-11)16-5-2-3-6-16/h8-10H,2-7H2,1H3,(H,15,17). The maximum absolute atomic E-state index is 11.9. The van der Waals surface area contributed by atoms with Crippen molar-refractivity contribution in [3.8, 4) is 0 Å². The highest BCUT2D eigenvalue weighted by atomic mass is 16.5. The Morgan fingerprint density at radius 3 is 2.94 bits per heavy atom. The van der Waals surface area contributed by atoms with Crippen LogP contribution in [0.15, 0.2) is 18.5 Å². The van der Waals surface area contributed by atoms with Crippen molar-refractivity contribution < 1.29 is 9.53 Å². The number of hydrogen-bond acceptors (Lipinski definition) is 4. The highest BCUT2D eigenvalue weighted by Gasteiger charge is 2.14. The molecule has 1 aromatic heterocycles. The Morgan fingerprint density at radius 1 is 1.44 bits per heavy atom. The van der Waals surface area contributed by atoms with Crippen LogP contribution >= 0.6 is 0 Å². The van der Waals surface area contributed by atoms with Crippen molar-refractivity contribution in [2.75, 3.05) is 38.3 Å². The smallest absolute Gasteiger partial charge is 0.253 e. The fraction of sp³-hybridized carbons (Fsp3) is 0.538. The highest BCUT2D eigenvalue weighted by molar-refractivity contribution is 5.94. The maximum atomic E-state index is 11.9. The molecule has 5 heteroatoms. The first-order chi connectivity index (χ1) is 8.81. The molecule has 1 aliphatic rings. The SMILES string of the molecule is COCCNC(=O)c1cncc(N2CCCC2)c1. The Hall–Kier alpha value is -1.62. The summed E-state index contributed by atoms with van der Waals surface area (Å²) < 4.78 is 4.89. The first-order valence-corrected chi connectivity index (χ1v) is 6.28. The van der Waals surface area contributed by atoms with E-state index in [2.05, 4.69) is 15.2 Å². The van der Waals surface area contributed by atoms with Crippen LogP contribution in [0.25, 0.3) is 0 Å². The van der Waals surface area contributed by atoms with Crippen molar-refractivity contribution in [3.05, 3.63) is 24.0 Å². The Labute approximate surface area is 107 Å². The number of nitrogens with zero attached hydrogens (tertiary/aromatic N) is 2. The highest BCUT2D eigenvalue weighted by Crippen LogP contribution is 2.19. The van der Waals surface area contributed by atoms with E-state index < -0.39 is 0 Å². The third-order valence-electron chi connectivity index (χ3n) is 3.05. The third kappa shape index (κ3) is 3.20. The molecule has 2 rings (SSSR count). The molecule has 0 aromatic carbocycles. The van der Waals surface area contributed by atoms with Crippen molar-refractivity contribution >= 4 is 11.6 Å². The summed E-state index contributed by atoms with van der Waals surface area (Å²) >= 11 is 0. The Balaban J connectivity index is 1.99. The summed E-state index contributed by atoms with van der Waals surface area (Å²) in [5.74, 6) is -0.0967. The van der Waals surface area contributed by atoms with Crippen LogP contribution in [0, 0.1) is 0 Å². The van der Waals surface area contributed by atoms with Gasteiger partial charge in [-0.05, 0) is 18.9 Å². The zero-order chi connectivity index (χ0) is 12.8. The van der Waals surface area contributed by atoms with E-state index in [0.29, 0.717) is 18.7 Å². The first-order valence-electron chi connectivity index (χ1n) is 6.28. The normalized spacial score (nSPS) is 14.8. The largest absolute Gasteiger partial charge is 0.383 e. The molecule has 0 aliphatic carbocycles. The summed E-state index contributed by atoms with van der Waals surface area (Å²) in [5.41, 5.74) is 1.64. The number of pyridine rings is 1. The average Bonchev–Trinajstić information content (AvgIpc) is 2.93. The minimum absolute atomic E-state index is 0.0967. The van der Waals surface area contributed by atoms with Crippen LogP contribution in [-0.2, 0) is 4.74 Å². The lowest BCUT2D eigenvalue weighted by Gasteiger charge is -2.17. The van der Waals surface area contributed by atoms with Crippen LogP contribution in [0.1, 0.15) is 23.2 Å². The fourth-order valence-electron chi connectivity index (χ4n) is 2.07. The minimum atomic E-state index is -0.0967. The van der Waals surface area contributed by atoms with Crippen molar-refractivity contribution in [1.82, 2.24) is 10.3 Å².